The molecule has 0 unspecified atom stereocenters. The lowest BCUT2D eigenvalue weighted by atomic mass is 10.1. The molecule has 0 atom stereocenters. The molecule has 21 heavy (non-hydrogen) atoms. The monoisotopic (exact) mass is 294 g/mol. The standard InChI is InChI=1S/C14H22N4O3/c1-4-16-14(19)10-17(5-2)9-11-6-7-12(15-3)13(8-11)18(20)21/h6-8,15H,4-5,9-10H2,1-3H3,(H,16,19). The number of likely N-dealkylation sites (N-methyl/N-ethyl adjacent to an activating group) is 2. The van der Waals surface area contributed by atoms with Gasteiger partial charge in [0.25, 0.3) is 5.69 Å². The highest BCUT2D eigenvalue weighted by Gasteiger charge is 2.15. The van der Waals surface area contributed by atoms with Crippen molar-refractivity contribution in [2.45, 2.75) is 20.4 Å². The van der Waals surface area contributed by atoms with Crippen molar-refractivity contribution in [1.82, 2.24) is 10.2 Å². The number of hydrogen-bond acceptors (Lipinski definition) is 5. The molecule has 7 heteroatoms. The normalized spacial score (nSPS) is 10.5. The zero-order chi connectivity index (χ0) is 15.8. The molecule has 1 amide bonds. The van der Waals surface area contributed by atoms with Crippen LogP contribution in [0.3, 0.4) is 0 Å². The van der Waals surface area contributed by atoms with Crippen molar-refractivity contribution in [2.75, 3.05) is 32.0 Å². The van der Waals surface area contributed by atoms with E-state index in [1.807, 2.05) is 24.8 Å². The van der Waals surface area contributed by atoms with Gasteiger partial charge in [0, 0.05) is 26.2 Å². The van der Waals surface area contributed by atoms with Gasteiger partial charge in [-0.25, -0.2) is 0 Å². The molecule has 0 aromatic heterocycles. The minimum absolute atomic E-state index is 0.0410. The highest BCUT2D eigenvalue weighted by molar-refractivity contribution is 5.77. The van der Waals surface area contributed by atoms with Gasteiger partial charge >= 0.3 is 0 Å². The minimum Gasteiger partial charge on any atom is -0.383 e. The molecule has 0 aliphatic carbocycles. The van der Waals surface area contributed by atoms with Gasteiger partial charge in [0.1, 0.15) is 5.69 Å². The molecule has 116 valence electrons. The Labute approximate surface area is 124 Å². The van der Waals surface area contributed by atoms with Crippen LogP contribution in [-0.4, -0.2) is 42.4 Å². The lowest BCUT2D eigenvalue weighted by Crippen LogP contribution is -2.36. The molecule has 0 saturated carbocycles. The van der Waals surface area contributed by atoms with Crippen LogP contribution in [0.1, 0.15) is 19.4 Å². The summed E-state index contributed by atoms with van der Waals surface area (Å²) in [6.45, 7) is 5.89. The van der Waals surface area contributed by atoms with E-state index in [1.165, 1.54) is 0 Å². The maximum Gasteiger partial charge on any atom is 0.292 e. The third-order valence-electron chi connectivity index (χ3n) is 3.12. The number of anilines is 1. The van der Waals surface area contributed by atoms with Crippen molar-refractivity contribution in [2.24, 2.45) is 0 Å². The maximum absolute atomic E-state index is 11.6. The first-order chi connectivity index (χ1) is 10.0. The number of nitrogens with one attached hydrogen (secondary N) is 2. The Morgan fingerprint density at radius 2 is 2.10 bits per heavy atom. The molecular formula is C14H22N4O3. The summed E-state index contributed by atoms with van der Waals surface area (Å²) in [7, 11) is 1.65. The van der Waals surface area contributed by atoms with Crippen molar-refractivity contribution in [3.8, 4) is 0 Å². The number of carbonyl (C=O) groups excluding carboxylic acids is 1. The molecule has 1 rings (SSSR count). The van der Waals surface area contributed by atoms with Gasteiger partial charge in [0.2, 0.25) is 5.91 Å². The number of carbonyl (C=O) groups is 1. The molecule has 1 aromatic rings. The SMILES string of the molecule is CCNC(=O)CN(CC)Cc1ccc(NC)c([N+](=O)[O-])c1. The molecular weight excluding hydrogens is 272 g/mol. The fourth-order valence-electron chi connectivity index (χ4n) is 2.03. The molecule has 0 radical (unpaired) electrons. The minimum atomic E-state index is -0.407. The average molecular weight is 294 g/mol. The largest absolute Gasteiger partial charge is 0.383 e. The summed E-state index contributed by atoms with van der Waals surface area (Å²) in [5.41, 5.74) is 1.34. The van der Waals surface area contributed by atoms with E-state index >= 15 is 0 Å². The van der Waals surface area contributed by atoms with E-state index in [2.05, 4.69) is 10.6 Å². The number of nitro groups is 1. The molecule has 0 saturated heterocycles. The summed E-state index contributed by atoms with van der Waals surface area (Å²) in [6, 6.07) is 5.07. The van der Waals surface area contributed by atoms with Crippen molar-refractivity contribution in [3.63, 3.8) is 0 Å². The van der Waals surface area contributed by atoms with Crippen LogP contribution in [0, 0.1) is 10.1 Å². The van der Waals surface area contributed by atoms with E-state index < -0.39 is 4.92 Å². The van der Waals surface area contributed by atoms with E-state index in [0.717, 1.165) is 5.56 Å². The summed E-state index contributed by atoms with van der Waals surface area (Å²) in [5, 5.41) is 16.6. The molecule has 1 aromatic carbocycles. The first-order valence-electron chi connectivity index (χ1n) is 6.95. The van der Waals surface area contributed by atoms with Gasteiger partial charge in [-0.2, -0.15) is 0 Å². The molecule has 0 heterocycles. The number of nitro benzene ring substituents is 1. The van der Waals surface area contributed by atoms with Gasteiger partial charge in [-0.05, 0) is 25.1 Å². The molecule has 7 nitrogen and oxygen atoms in total. The maximum atomic E-state index is 11.6. The van der Waals surface area contributed by atoms with Crippen molar-refractivity contribution < 1.29 is 9.72 Å². The lowest BCUT2D eigenvalue weighted by Gasteiger charge is -2.19. The Bertz CT molecular complexity index is 505. The van der Waals surface area contributed by atoms with E-state index in [0.29, 0.717) is 25.3 Å². The van der Waals surface area contributed by atoms with Crippen LogP contribution in [0.15, 0.2) is 18.2 Å². The number of rotatable bonds is 8. The van der Waals surface area contributed by atoms with Gasteiger partial charge < -0.3 is 10.6 Å². The van der Waals surface area contributed by atoms with E-state index in [9.17, 15) is 14.9 Å². The highest BCUT2D eigenvalue weighted by Crippen LogP contribution is 2.25. The van der Waals surface area contributed by atoms with E-state index in [4.69, 9.17) is 0 Å². The van der Waals surface area contributed by atoms with Gasteiger partial charge in [-0.15, -0.1) is 0 Å². The number of nitrogens with zero attached hydrogens (tertiary/aromatic N) is 2. The predicted octanol–water partition coefficient (Wildman–Crippen LogP) is 1.59. The van der Waals surface area contributed by atoms with Crippen LogP contribution in [0.25, 0.3) is 0 Å². The number of hydrogen-bond donors (Lipinski definition) is 2. The summed E-state index contributed by atoms with van der Waals surface area (Å²) in [6.07, 6.45) is 0. The lowest BCUT2D eigenvalue weighted by molar-refractivity contribution is -0.384. The number of benzene rings is 1. The Balaban J connectivity index is 2.83. The Kier molecular flexibility index (Phi) is 6.61. The van der Waals surface area contributed by atoms with Gasteiger partial charge in [-0.3, -0.25) is 19.8 Å². The predicted molar refractivity (Wildman–Crippen MR) is 82.3 cm³/mol. The van der Waals surface area contributed by atoms with Crippen LogP contribution >= 0.6 is 0 Å². The van der Waals surface area contributed by atoms with Crippen molar-refractivity contribution in [1.29, 1.82) is 0 Å². The van der Waals surface area contributed by atoms with Gasteiger partial charge in [0.05, 0.1) is 11.5 Å². The summed E-state index contributed by atoms with van der Waals surface area (Å²) in [4.78, 5) is 24.2. The first-order valence-corrected chi connectivity index (χ1v) is 6.95. The van der Waals surface area contributed by atoms with Crippen LogP contribution in [0.2, 0.25) is 0 Å². The van der Waals surface area contributed by atoms with Crippen LogP contribution in [0.5, 0.6) is 0 Å². The Hall–Kier alpha value is -2.15. The molecule has 0 bridgehead atoms. The van der Waals surface area contributed by atoms with Gasteiger partial charge in [-0.1, -0.05) is 13.0 Å². The third kappa shape index (κ3) is 5.03. The molecule has 0 fully saturated rings. The average Bonchev–Trinajstić information content (AvgIpc) is 2.46. The van der Waals surface area contributed by atoms with Crippen molar-refractivity contribution in [3.05, 3.63) is 33.9 Å². The number of amides is 1. The quantitative estimate of drug-likeness (QED) is 0.561. The Morgan fingerprint density at radius 3 is 2.62 bits per heavy atom. The fraction of sp³-hybridized carbons (Fsp3) is 0.500. The Morgan fingerprint density at radius 1 is 1.38 bits per heavy atom. The smallest absolute Gasteiger partial charge is 0.292 e. The third-order valence-corrected chi connectivity index (χ3v) is 3.12. The molecule has 2 N–H and O–H groups in total. The summed E-state index contributed by atoms with van der Waals surface area (Å²) >= 11 is 0. The van der Waals surface area contributed by atoms with E-state index in [-0.39, 0.29) is 18.1 Å². The summed E-state index contributed by atoms with van der Waals surface area (Å²) < 4.78 is 0. The zero-order valence-corrected chi connectivity index (χ0v) is 12.7. The second-order valence-corrected chi connectivity index (χ2v) is 4.62. The molecule has 0 aliphatic heterocycles. The highest BCUT2D eigenvalue weighted by atomic mass is 16.6. The summed E-state index contributed by atoms with van der Waals surface area (Å²) in [5.74, 6) is -0.0410. The van der Waals surface area contributed by atoms with E-state index in [1.54, 1.807) is 19.2 Å². The molecule has 0 spiro atoms. The zero-order valence-electron chi connectivity index (χ0n) is 12.7. The fourth-order valence-corrected chi connectivity index (χ4v) is 2.03. The second-order valence-electron chi connectivity index (χ2n) is 4.62. The molecule has 0 aliphatic rings. The van der Waals surface area contributed by atoms with Crippen molar-refractivity contribution >= 4 is 17.3 Å². The first kappa shape index (κ1) is 16.9. The van der Waals surface area contributed by atoms with Crippen LogP contribution < -0.4 is 10.6 Å². The van der Waals surface area contributed by atoms with Crippen LogP contribution in [-0.2, 0) is 11.3 Å². The van der Waals surface area contributed by atoms with Crippen LogP contribution in [0.4, 0.5) is 11.4 Å². The second kappa shape index (κ2) is 8.21. The van der Waals surface area contributed by atoms with Gasteiger partial charge in [0.15, 0.2) is 0 Å². The topological polar surface area (TPSA) is 87.5 Å².